The first-order valence-corrected chi connectivity index (χ1v) is 9.31. The Kier molecular flexibility index (Phi) is 3.41. The fraction of sp³-hybridized carbons (Fsp3) is 0.750. The number of hydrogen-bond acceptors (Lipinski definition) is 5. The van der Waals surface area contributed by atoms with E-state index in [1.807, 2.05) is 11.6 Å². The number of likely N-dealkylation sites (tertiary alicyclic amines) is 1. The molecule has 0 radical (unpaired) electrons. The molecule has 106 valence electrons. The average molecular weight is 301 g/mol. The van der Waals surface area contributed by atoms with Crippen LogP contribution in [0, 0.1) is 0 Å². The maximum Gasteiger partial charge on any atom is 0.211 e. The molecule has 0 unspecified atom stereocenters. The number of sulfonamides is 1. The van der Waals surface area contributed by atoms with Gasteiger partial charge in [0.2, 0.25) is 10.0 Å². The molecule has 3 heterocycles. The summed E-state index contributed by atoms with van der Waals surface area (Å²) in [5, 5.41) is 3.10. The van der Waals surface area contributed by atoms with Crippen molar-refractivity contribution >= 4 is 21.4 Å². The van der Waals surface area contributed by atoms with E-state index in [0.717, 1.165) is 43.9 Å². The van der Waals surface area contributed by atoms with Gasteiger partial charge >= 0.3 is 0 Å². The second-order valence-electron chi connectivity index (χ2n) is 5.55. The van der Waals surface area contributed by atoms with Gasteiger partial charge in [-0.15, -0.1) is 11.3 Å². The Morgan fingerprint density at radius 1 is 1.42 bits per heavy atom. The van der Waals surface area contributed by atoms with Crippen molar-refractivity contribution in [3.63, 3.8) is 0 Å². The Morgan fingerprint density at radius 2 is 2.26 bits per heavy atom. The van der Waals surface area contributed by atoms with Gasteiger partial charge in [-0.1, -0.05) is 0 Å². The lowest BCUT2D eigenvalue weighted by molar-refractivity contribution is 0.225. The first-order chi connectivity index (χ1) is 9.00. The fourth-order valence-electron chi connectivity index (χ4n) is 3.44. The Bertz CT molecular complexity index is 543. The van der Waals surface area contributed by atoms with E-state index in [1.54, 1.807) is 15.6 Å². The lowest BCUT2D eigenvalue weighted by atomic mass is 9.97. The van der Waals surface area contributed by atoms with Gasteiger partial charge in [-0.05, 0) is 19.3 Å². The highest BCUT2D eigenvalue weighted by molar-refractivity contribution is 7.88. The summed E-state index contributed by atoms with van der Waals surface area (Å²) in [4.78, 5) is 6.64. The predicted octanol–water partition coefficient (Wildman–Crippen LogP) is 1.14. The molecular weight excluding hydrogens is 282 g/mol. The molecule has 19 heavy (non-hydrogen) atoms. The van der Waals surface area contributed by atoms with Gasteiger partial charge in [-0.2, -0.15) is 4.31 Å². The minimum absolute atomic E-state index is 0.148. The summed E-state index contributed by atoms with van der Waals surface area (Å²) in [6, 6.07) is 0. The molecular formula is C12H19N3O2S2. The van der Waals surface area contributed by atoms with Crippen molar-refractivity contribution in [2.24, 2.45) is 0 Å². The van der Waals surface area contributed by atoms with Gasteiger partial charge in [0.25, 0.3) is 0 Å². The van der Waals surface area contributed by atoms with Crippen LogP contribution in [0.15, 0.2) is 11.6 Å². The molecule has 1 atom stereocenters. The first-order valence-electron chi connectivity index (χ1n) is 6.58. The van der Waals surface area contributed by atoms with Crippen LogP contribution in [0.3, 0.4) is 0 Å². The number of hydrogen-bond donors (Lipinski definition) is 0. The zero-order chi connectivity index (χ0) is 13.5. The second kappa shape index (κ2) is 4.80. The number of thiazole rings is 1. The van der Waals surface area contributed by atoms with E-state index >= 15 is 0 Å². The maximum absolute atomic E-state index is 11.9. The summed E-state index contributed by atoms with van der Waals surface area (Å²) < 4.78 is 25.6. The number of aromatic nitrogens is 1. The highest BCUT2D eigenvalue weighted by atomic mass is 32.2. The van der Waals surface area contributed by atoms with Crippen LogP contribution in [-0.4, -0.2) is 54.0 Å². The van der Waals surface area contributed by atoms with Gasteiger partial charge in [-0.25, -0.2) is 13.4 Å². The van der Waals surface area contributed by atoms with E-state index in [9.17, 15) is 8.42 Å². The molecule has 1 aromatic heterocycles. The van der Waals surface area contributed by atoms with E-state index in [0.29, 0.717) is 6.54 Å². The van der Waals surface area contributed by atoms with Crippen molar-refractivity contribution in [2.75, 3.05) is 25.9 Å². The molecule has 5 nitrogen and oxygen atoms in total. The summed E-state index contributed by atoms with van der Waals surface area (Å²) in [6.45, 7) is 3.34. The summed E-state index contributed by atoms with van der Waals surface area (Å²) in [7, 11) is -3.09. The van der Waals surface area contributed by atoms with Crippen molar-refractivity contribution < 1.29 is 8.42 Å². The number of rotatable bonds is 3. The third kappa shape index (κ3) is 2.56. The molecule has 2 saturated heterocycles. The lowest BCUT2D eigenvalue weighted by Gasteiger charge is -2.33. The van der Waals surface area contributed by atoms with Gasteiger partial charge in [0.15, 0.2) is 0 Å². The van der Waals surface area contributed by atoms with E-state index in [2.05, 4.69) is 9.88 Å². The molecule has 7 heteroatoms. The molecule has 0 aliphatic carbocycles. The minimum atomic E-state index is -3.09. The lowest BCUT2D eigenvalue weighted by Crippen LogP contribution is -2.48. The monoisotopic (exact) mass is 301 g/mol. The van der Waals surface area contributed by atoms with E-state index in [1.165, 1.54) is 6.26 Å². The van der Waals surface area contributed by atoms with Crippen molar-refractivity contribution in [3.8, 4) is 0 Å². The van der Waals surface area contributed by atoms with Crippen molar-refractivity contribution in [1.29, 1.82) is 0 Å². The Labute approximate surface area is 118 Å². The largest absolute Gasteiger partial charge is 0.295 e. The molecule has 1 aromatic rings. The standard InChI is InChI=1S/C12H19N3O2S2/c1-19(16,17)15-6-2-3-12(15)4-7-14(10-12)9-11-13-5-8-18-11/h5,8H,2-4,6-7,9-10H2,1H3/t12-/m0/s1. The molecule has 0 bridgehead atoms. The van der Waals surface area contributed by atoms with Gasteiger partial charge in [-0.3, -0.25) is 4.90 Å². The topological polar surface area (TPSA) is 53.5 Å². The van der Waals surface area contributed by atoms with Crippen molar-refractivity contribution in [3.05, 3.63) is 16.6 Å². The Balaban J connectivity index is 1.73. The Hall–Kier alpha value is -0.500. The van der Waals surface area contributed by atoms with E-state index in [4.69, 9.17) is 0 Å². The third-order valence-corrected chi connectivity index (χ3v) is 6.32. The third-order valence-electron chi connectivity index (χ3n) is 4.19. The molecule has 0 amide bonds. The van der Waals surface area contributed by atoms with Gasteiger partial charge in [0, 0.05) is 36.8 Å². The first kappa shape index (κ1) is 13.5. The smallest absolute Gasteiger partial charge is 0.211 e. The van der Waals surface area contributed by atoms with Gasteiger partial charge in [0.1, 0.15) is 5.01 Å². The van der Waals surface area contributed by atoms with Crippen LogP contribution in [0.4, 0.5) is 0 Å². The van der Waals surface area contributed by atoms with Crippen LogP contribution >= 0.6 is 11.3 Å². The normalized spacial score (nSPS) is 29.5. The fourth-order valence-corrected chi connectivity index (χ4v) is 5.50. The zero-order valence-electron chi connectivity index (χ0n) is 11.1. The molecule has 0 saturated carbocycles. The van der Waals surface area contributed by atoms with Crippen molar-refractivity contribution in [2.45, 2.75) is 31.3 Å². The quantitative estimate of drug-likeness (QED) is 0.840. The molecule has 1 spiro atoms. The Morgan fingerprint density at radius 3 is 2.95 bits per heavy atom. The SMILES string of the molecule is CS(=O)(=O)N1CCC[C@@]12CCN(Cc1nccs1)C2. The molecule has 0 N–H and O–H groups in total. The predicted molar refractivity (Wildman–Crippen MR) is 75.5 cm³/mol. The van der Waals surface area contributed by atoms with Gasteiger partial charge in [0.05, 0.1) is 12.8 Å². The van der Waals surface area contributed by atoms with Crippen LogP contribution < -0.4 is 0 Å². The highest BCUT2D eigenvalue weighted by Crippen LogP contribution is 2.39. The van der Waals surface area contributed by atoms with Crippen molar-refractivity contribution in [1.82, 2.24) is 14.2 Å². The summed E-state index contributed by atoms with van der Waals surface area (Å²) in [5.74, 6) is 0. The second-order valence-corrected chi connectivity index (χ2v) is 8.44. The highest BCUT2D eigenvalue weighted by Gasteiger charge is 2.49. The van der Waals surface area contributed by atoms with E-state index < -0.39 is 10.0 Å². The van der Waals surface area contributed by atoms with Crippen LogP contribution in [0.5, 0.6) is 0 Å². The molecule has 3 rings (SSSR count). The van der Waals surface area contributed by atoms with Crippen LogP contribution in [0.2, 0.25) is 0 Å². The van der Waals surface area contributed by atoms with Crippen LogP contribution in [-0.2, 0) is 16.6 Å². The number of nitrogens with zero attached hydrogens (tertiary/aromatic N) is 3. The minimum Gasteiger partial charge on any atom is -0.295 e. The zero-order valence-corrected chi connectivity index (χ0v) is 12.7. The van der Waals surface area contributed by atoms with Gasteiger partial charge < -0.3 is 0 Å². The average Bonchev–Trinajstić information content (AvgIpc) is 3.01. The maximum atomic E-state index is 11.9. The molecule has 0 aromatic carbocycles. The summed E-state index contributed by atoms with van der Waals surface area (Å²) in [5.41, 5.74) is -0.148. The summed E-state index contributed by atoms with van der Waals surface area (Å²) in [6.07, 6.45) is 6.09. The van der Waals surface area contributed by atoms with Crippen LogP contribution in [0.1, 0.15) is 24.3 Å². The summed E-state index contributed by atoms with van der Waals surface area (Å²) >= 11 is 1.66. The van der Waals surface area contributed by atoms with E-state index in [-0.39, 0.29) is 5.54 Å². The molecule has 2 aliphatic rings. The van der Waals surface area contributed by atoms with Crippen LogP contribution in [0.25, 0.3) is 0 Å². The molecule has 2 aliphatic heterocycles. The molecule has 2 fully saturated rings.